The second kappa shape index (κ2) is 6.25. The summed E-state index contributed by atoms with van der Waals surface area (Å²) in [6, 6.07) is 6.46. The molecule has 2 atom stereocenters. The van der Waals surface area contributed by atoms with Crippen molar-refractivity contribution in [2.45, 2.75) is 19.4 Å². The van der Waals surface area contributed by atoms with Crippen molar-refractivity contribution in [3.05, 3.63) is 28.2 Å². The van der Waals surface area contributed by atoms with Crippen molar-refractivity contribution in [2.75, 3.05) is 38.6 Å². The number of hydrogen-bond acceptors (Lipinski definition) is 3. The number of halogens is 1. The van der Waals surface area contributed by atoms with E-state index in [2.05, 4.69) is 58.0 Å². The summed E-state index contributed by atoms with van der Waals surface area (Å²) in [6.45, 7) is 5.57. The molecule has 1 saturated heterocycles. The average molecular weight is 326 g/mol. The van der Waals surface area contributed by atoms with Gasteiger partial charge in [0.25, 0.3) is 0 Å². The number of rotatable bonds is 4. The van der Waals surface area contributed by atoms with E-state index in [9.17, 15) is 0 Å². The number of nitrogens with zero attached hydrogens (tertiary/aromatic N) is 2. The molecule has 0 spiro atoms. The minimum Gasteiger partial charge on any atom is -0.374 e. The smallest absolute Gasteiger partial charge is 0.0412 e. The number of anilines is 1. The molecular formula is C15H24BrN3. The molecule has 0 amide bonds. The summed E-state index contributed by atoms with van der Waals surface area (Å²) in [5, 5.41) is 0. The van der Waals surface area contributed by atoms with Crippen molar-refractivity contribution in [1.29, 1.82) is 0 Å². The van der Waals surface area contributed by atoms with Crippen LogP contribution in [0.25, 0.3) is 0 Å². The predicted molar refractivity (Wildman–Crippen MR) is 85.6 cm³/mol. The minimum absolute atomic E-state index is 0.0567. The lowest BCUT2D eigenvalue weighted by molar-refractivity contribution is 0.396. The lowest BCUT2D eigenvalue weighted by atomic mass is 10.0. The van der Waals surface area contributed by atoms with Crippen molar-refractivity contribution >= 4 is 21.6 Å². The van der Waals surface area contributed by atoms with Gasteiger partial charge < -0.3 is 15.5 Å². The molecule has 0 bridgehead atoms. The maximum absolute atomic E-state index is 6.10. The molecule has 2 unspecified atom stereocenters. The molecule has 106 valence electrons. The van der Waals surface area contributed by atoms with Gasteiger partial charge >= 0.3 is 0 Å². The first-order chi connectivity index (χ1) is 8.97. The van der Waals surface area contributed by atoms with Crippen LogP contribution in [0.15, 0.2) is 22.7 Å². The van der Waals surface area contributed by atoms with E-state index in [1.165, 1.54) is 30.8 Å². The fourth-order valence-electron chi connectivity index (χ4n) is 2.90. The standard InChI is InChI=1S/C15H24BrN3/c1-11(17)14-8-13(16)4-5-15(14)19(3)10-12-6-7-18(2)9-12/h4-5,8,11-12H,6-7,9-10,17H2,1-3H3. The first kappa shape index (κ1) is 14.8. The number of benzene rings is 1. The number of hydrogen-bond donors (Lipinski definition) is 1. The molecule has 1 heterocycles. The Bertz CT molecular complexity index is 433. The lowest BCUT2D eigenvalue weighted by Crippen LogP contribution is -2.28. The molecule has 0 saturated carbocycles. The van der Waals surface area contributed by atoms with Crippen LogP contribution < -0.4 is 10.6 Å². The molecule has 1 aromatic carbocycles. The largest absolute Gasteiger partial charge is 0.374 e. The second-order valence-electron chi connectivity index (χ2n) is 5.79. The van der Waals surface area contributed by atoms with Crippen LogP contribution in [0.1, 0.15) is 24.9 Å². The summed E-state index contributed by atoms with van der Waals surface area (Å²) < 4.78 is 1.09. The summed E-state index contributed by atoms with van der Waals surface area (Å²) in [5.74, 6) is 0.763. The maximum atomic E-state index is 6.10. The maximum Gasteiger partial charge on any atom is 0.0412 e. The summed E-state index contributed by atoms with van der Waals surface area (Å²) in [5.41, 5.74) is 8.56. The molecule has 1 aromatic rings. The summed E-state index contributed by atoms with van der Waals surface area (Å²) in [4.78, 5) is 4.77. The van der Waals surface area contributed by atoms with Crippen LogP contribution in [0.4, 0.5) is 5.69 Å². The van der Waals surface area contributed by atoms with E-state index in [1.807, 2.05) is 6.92 Å². The van der Waals surface area contributed by atoms with Crippen molar-refractivity contribution < 1.29 is 0 Å². The summed E-state index contributed by atoms with van der Waals surface area (Å²) in [6.07, 6.45) is 1.30. The molecule has 3 nitrogen and oxygen atoms in total. The topological polar surface area (TPSA) is 32.5 Å². The van der Waals surface area contributed by atoms with Crippen LogP contribution in [0.5, 0.6) is 0 Å². The minimum atomic E-state index is 0.0567. The Labute approximate surface area is 124 Å². The molecule has 1 aliphatic rings. The van der Waals surface area contributed by atoms with Crippen LogP contribution in [0.2, 0.25) is 0 Å². The Morgan fingerprint density at radius 1 is 1.53 bits per heavy atom. The summed E-state index contributed by atoms with van der Waals surface area (Å²) in [7, 11) is 4.38. The molecule has 0 aromatic heterocycles. The molecule has 0 radical (unpaired) electrons. The molecule has 0 aliphatic carbocycles. The fourth-order valence-corrected chi connectivity index (χ4v) is 3.28. The van der Waals surface area contributed by atoms with Crippen LogP contribution >= 0.6 is 15.9 Å². The van der Waals surface area contributed by atoms with Gasteiger partial charge in [0, 0.05) is 36.3 Å². The number of likely N-dealkylation sites (tertiary alicyclic amines) is 1. The van der Waals surface area contributed by atoms with Gasteiger partial charge in [-0.05, 0) is 56.6 Å². The van der Waals surface area contributed by atoms with Crippen LogP contribution in [0, 0.1) is 5.92 Å². The van der Waals surface area contributed by atoms with Gasteiger partial charge in [-0.25, -0.2) is 0 Å². The van der Waals surface area contributed by atoms with Crippen LogP contribution in [0.3, 0.4) is 0 Å². The Morgan fingerprint density at radius 3 is 2.84 bits per heavy atom. The molecule has 1 aliphatic heterocycles. The van der Waals surface area contributed by atoms with Crippen LogP contribution in [-0.2, 0) is 0 Å². The second-order valence-corrected chi connectivity index (χ2v) is 6.70. The van der Waals surface area contributed by atoms with E-state index in [4.69, 9.17) is 5.73 Å². The zero-order valence-corrected chi connectivity index (χ0v) is 13.7. The zero-order chi connectivity index (χ0) is 14.0. The Hall–Kier alpha value is -0.580. The first-order valence-corrected chi connectivity index (χ1v) is 7.71. The number of nitrogens with two attached hydrogens (primary N) is 1. The van der Waals surface area contributed by atoms with Gasteiger partial charge in [0.05, 0.1) is 0 Å². The van der Waals surface area contributed by atoms with E-state index >= 15 is 0 Å². The van der Waals surface area contributed by atoms with Gasteiger partial charge in [-0.1, -0.05) is 15.9 Å². The highest BCUT2D eigenvalue weighted by Crippen LogP contribution is 2.29. The van der Waals surface area contributed by atoms with Crippen molar-refractivity contribution in [3.63, 3.8) is 0 Å². The molecule has 1 fully saturated rings. The highest BCUT2D eigenvalue weighted by atomic mass is 79.9. The van der Waals surface area contributed by atoms with E-state index in [1.54, 1.807) is 0 Å². The lowest BCUT2D eigenvalue weighted by Gasteiger charge is -2.27. The molecular weight excluding hydrogens is 302 g/mol. The van der Waals surface area contributed by atoms with E-state index in [-0.39, 0.29) is 6.04 Å². The zero-order valence-electron chi connectivity index (χ0n) is 12.1. The van der Waals surface area contributed by atoms with Crippen molar-refractivity contribution in [2.24, 2.45) is 11.7 Å². The third kappa shape index (κ3) is 3.71. The van der Waals surface area contributed by atoms with E-state index in [0.29, 0.717) is 0 Å². The normalized spacial score (nSPS) is 21.6. The Balaban J connectivity index is 2.12. The molecule has 19 heavy (non-hydrogen) atoms. The van der Waals surface area contributed by atoms with Gasteiger partial charge in [-0.15, -0.1) is 0 Å². The van der Waals surface area contributed by atoms with Gasteiger partial charge in [0.15, 0.2) is 0 Å². The van der Waals surface area contributed by atoms with Gasteiger partial charge in [-0.2, -0.15) is 0 Å². The van der Waals surface area contributed by atoms with E-state index < -0.39 is 0 Å². The quantitative estimate of drug-likeness (QED) is 0.923. The monoisotopic (exact) mass is 325 g/mol. The van der Waals surface area contributed by atoms with Gasteiger partial charge in [-0.3, -0.25) is 0 Å². The fraction of sp³-hybridized carbons (Fsp3) is 0.600. The summed E-state index contributed by atoms with van der Waals surface area (Å²) >= 11 is 3.53. The predicted octanol–water partition coefficient (Wildman–Crippen LogP) is 2.86. The SMILES string of the molecule is CC(N)c1cc(Br)ccc1N(C)CC1CCN(C)C1. The first-order valence-electron chi connectivity index (χ1n) is 6.92. The Morgan fingerprint density at radius 2 is 2.26 bits per heavy atom. The average Bonchev–Trinajstić information content (AvgIpc) is 2.74. The highest BCUT2D eigenvalue weighted by molar-refractivity contribution is 9.10. The van der Waals surface area contributed by atoms with Crippen molar-refractivity contribution in [1.82, 2.24) is 4.90 Å². The van der Waals surface area contributed by atoms with Gasteiger partial charge in [0.2, 0.25) is 0 Å². The molecule has 4 heteroatoms. The highest BCUT2D eigenvalue weighted by Gasteiger charge is 2.22. The molecule has 2 rings (SSSR count). The van der Waals surface area contributed by atoms with Gasteiger partial charge in [0.1, 0.15) is 0 Å². The Kier molecular flexibility index (Phi) is 4.87. The third-order valence-electron chi connectivity index (χ3n) is 3.91. The third-order valence-corrected chi connectivity index (χ3v) is 4.41. The van der Waals surface area contributed by atoms with Crippen LogP contribution in [-0.4, -0.2) is 38.6 Å². The molecule has 2 N–H and O–H groups in total. The van der Waals surface area contributed by atoms with Crippen molar-refractivity contribution in [3.8, 4) is 0 Å². The van der Waals surface area contributed by atoms with E-state index in [0.717, 1.165) is 16.9 Å².